The van der Waals surface area contributed by atoms with Crippen LogP contribution in [0.25, 0.3) is 0 Å². The maximum absolute atomic E-state index is 11.8. The number of carbonyl (C=O) groups excluding carboxylic acids is 1. The van der Waals surface area contributed by atoms with E-state index in [-0.39, 0.29) is 19.1 Å². The minimum absolute atomic E-state index is 0.0648. The summed E-state index contributed by atoms with van der Waals surface area (Å²) < 4.78 is 6.32. The summed E-state index contributed by atoms with van der Waals surface area (Å²) in [6.07, 6.45) is 0. The van der Waals surface area contributed by atoms with Gasteiger partial charge in [-0.25, -0.2) is 0 Å². The predicted molar refractivity (Wildman–Crippen MR) is 95.7 cm³/mol. The van der Waals surface area contributed by atoms with Crippen molar-refractivity contribution in [2.24, 2.45) is 0 Å². The Morgan fingerprint density at radius 2 is 2.00 bits per heavy atom. The molecule has 0 fully saturated rings. The largest absolute Gasteiger partial charge is 0.483 e. The van der Waals surface area contributed by atoms with Gasteiger partial charge in [0.2, 0.25) is 0 Å². The molecule has 0 aliphatic rings. The van der Waals surface area contributed by atoms with Crippen molar-refractivity contribution < 1.29 is 14.6 Å². The van der Waals surface area contributed by atoms with Gasteiger partial charge >= 0.3 is 0 Å². The molecule has 0 saturated carbocycles. The molecule has 122 valence electrons. The van der Waals surface area contributed by atoms with Crippen molar-refractivity contribution in [3.8, 4) is 5.75 Å². The summed E-state index contributed by atoms with van der Waals surface area (Å²) >= 11 is 5.02. The second-order valence-corrected chi connectivity index (χ2v) is 6.79. The number of benzene rings is 2. The minimum Gasteiger partial charge on any atom is -0.483 e. The van der Waals surface area contributed by atoms with Gasteiger partial charge < -0.3 is 15.2 Å². The molecule has 0 bridgehead atoms. The van der Waals surface area contributed by atoms with Crippen LogP contribution in [-0.2, 0) is 11.4 Å². The van der Waals surface area contributed by atoms with Crippen LogP contribution in [0.1, 0.15) is 5.56 Å². The van der Waals surface area contributed by atoms with Gasteiger partial charge in [0.25, 0.3) is 5.91 Å². The van der Waals surface area contributed by atoms with Gasteiger partial charge in [-0.2, -0.15) is 0 Å². The highest BCUT2D eigenvalue weighted by atomic mass is 79.9. The van der Waals surface area contributed by atoms with Gasteiger partial charge in [-0.15, -0.1) is 11.8 Å². The standard InChI is InChI=1S/C17H18BrNO3S/c18-14-6-7-16(13(10-14)11-20)22-12-17(21)19-8-9-23-15-4-2-1-3-5-15/h1-7,10,20H,8-9,11-12H2,(H,19,21). The smallest absolute Gasteiger partial charge is 0.257 e. The predicted octanol–water partition coefficient (Wildman–Crippen LogP) is 3.23. The molecular formula is C17H18BrNO3S. The molecule has 0 aliphatic heterocycles. The van der Waals surface area contributed by atoms with Gasteiger partial charge in [-0.3, -0.25) is 4.79 Å². The number of rotatable bonds is 8. The molecule has 0 aromatic heterocycles. The highest BCUT2D eigenvalue weighted by Crippen LogP contribution is 2.23. The fraction of sp³-hybridized carbons (Fsp3) is 0.235. The van der Waals surface area contributed by atoms with Crippen molar-refractivity contribution in [3.05, 3.63) is 58.6 Å². The zero-order chi connectivity index (χ0) is 16.5. The number of aliphatic hydroxyl groups excluding tert-OH is 1. The van der Waals surface area contributed by atoms with E-state index >= 15 is 0 Å². The molecule has 2 aromatic carbocycles. The molecule has 2 rings (SSSR count). The second-order valence-electron chi connectivity index (χ2n) is 4.71. The molecular weight excluding hydrogens is 378 g/mol. The SMILES string of the molecule is O=C(COc1ccc(Br)cc1CO)NCCSc1ccccc1. The number of hydrogen-bond acceptors (Lipinski definition) is 4. The minimum atomic E-state index is -0.175. The fourth-order valence-corrected chi connectivity index (χ4v) is 3.08. The van der Waals surface area contributed by atoms with E-state index in [2.05, 4.69) is 21.2 Å². The monoisotopic (exact) mass is 395 g/mol. The van der Waals surface area contributed by atoms with E-state index in [1.165, 1.54) is 4.90 Å². The lowest BCUT2D eigenvalue weighted by atomic mass is 10.2. The first kappa shape index (κ1) is 17.8. The van der Waals surface area contributed by atoms with E-state index < -0.39 is 0 Å². The Kier molecular flexibility index (Phi) is 7.45. The molecule has 0 saturated heterocycles. The molecule has 23 heavy (non-hydrogen) atoms. The number of hydrogen-bond donors (Lipinski definition) is 2. The van der Waals surface area contributed by atoms with Crippen molar-refractivity contribution in [2.45, 2.75) is 11.5 Å². The van der Waals surface area contributed by atoms with Gasteiger partial charge in [0.15, 0.2) is 6.61 Å². The zero-order valence-electron chi connectivity index (χ0n) is 12.5. The lowest BCUT2D eigenvalue weighted by molar-refractivity contribution is -0.122. The number of aliphatic hydroxyl groups is 1. The van der Waals surface area contributed by atoms with Crippen LogP contribution in [0, 0.1) is 0 Å². The fourth-order valence-electron chi connectivity index (χ4n) is 1.88. The maximum Gasteiger partial charge on any atom is 0.257 e. The molecule has 4 nitrogen and oxygen atoms in total. The molecule has 0 aliphatic carbocycles. The van der Waals surface area contributed by atoms with Crippen molar-refractivity contribution in [3.63, 3.8) is 0 Å². The Labute approximate surface area is 148 Å². The quantitative estimate of drug-likeness (QED) is 0.532. The molecule has 0 heterocycles. The van der Waals surface area contributed by atoms with Gasteiger partial charge in [0.05, 0.1) is 6.61 Å². The van der Waals surface area contributed by atoms with Gasteiger partial charge in [0, 0.05) is 27.2 Å². The van der Waals surface area contributed by atoms with Crippen LogP contribution in [0.4, 0.5) is 0 Å². The summed E-state index contributed by atoms with van der Waals surface area (Å²) in [6, 6.07) is 15.4. The topological polar surface area (TPSA) is 58.6 Å². The highest BCUT2D eigenvalue weighted by Gasteiger charge is 2.07. The molecule has 1 amide bonds. The van der Waals surface area contributed by atoms with Gasteiger partial charge in [-0.1, -0.05) is 34.1 Å². The number of amides is 1. The summed E-state index contributed by atoms with van der Waals surface area (Å²) in [4.78, 5) is 13.0. The van der Waals surface area contributed by atoms with Crippen LogP contribution in [0.2, 0.25) is 0 Å². The van der Waals surface area contributed by atoms with E-state index in [1.54, 1.807) is 23.9 Å². The first-order chi connectivity index (χ1) is 11.2. The van der Waals surface area contributed by atoms with Crippen molar-refractivity contribution >= 4 is 33.6 Å². The van der Waals surface area contributed by atoms with Crippen LogP contribution in [0.5, 0.6) is 5.75 Å². The van der Waals surface area contributed by atoms with Crippen molar-refractivity contribution in [2.75, 3.05) is 18.9 Å². The van der Waals surface area contributed by atoms with E-state index in [1.807, 2.05) is 36.4 Å². The molecule has 0 atom stereocenters. The second kappa shape index (κ2) is 9.60. The summed E-state index contributed by atoms with van der Waals surface area (Å²) in [5, 5.41) is 12.1. The number of halogens is 1. The Morgan fingerprint density at radius 1 is 1.22 bits per heavy atom. The molecule has 0 unspecified atom stereocenters. The normalized spacial score (nSPS) is 10.3. The Hall–Kier alpha value is -1.50. The average Bonchev–Trinajstić information content (AvgIpc) is 2.58. The number of thioether (sulfide) groups is 1. The average molecular weight is 396 g/mol. The summed E-state index contributed by atoms with van der Waals surface area (Å²) in [5.74, 6) is 1.14. The van der Waals surface area contributed by atoms with Crippen molar-refractivity contribution in [1.82, 2.24) is 5.32 Å². The molecule has 6 heteroatoms. The molecule has 0 spiro atoms. The lowest BCUT2D eigenvalue weighted by Crippen LogP contribution is -2.30. The van der Waals surface area contributed by atoms with Crippen LogP contribution in [-0.4, -0.2) is 29.9 Å². The van der Waals surface area contributed by atoms with Gasteiger partial charge in [-0.05, 0) is 30.3 Å². The zero-order valence-corrected chi connectivity index (χ0v) is 14.9. The summed E-state index contributed by atoms with van der Waals surface area (Å²) in [5.41, 5.74) is 0.645. The van der Waals surface area contributed by atoms with E-state index in [9.17, 15) is 9.90 Å². The van der Waals surface area contributed by atoms with Crippen LogP contribution >= 0.6 is 27.7 Å². The lowest BCUT2D eigenvalue weighted by Gasteiger charge is -2.10. The van der Waals surface area contributed by atoms with Crippen molar-refractivity contribution in [1.29, 1.82) is 0 Å². The van der Waals surface area contributed by atoms with Crippen LogP contribution < -0.4 is 10.1 Å². The Balaban J connectivity index is 1.69. The Morgan fingerprint density at radius 3 is 2.74 bits per heavy atom. The number of carbonyl (C=O) groups is 1. The number of nitrogens with one attached hydrogen (secondary N) is 1. The van der Waals surface area contributed by atoms with Crippen LogP contribution in [0.3, 0.4) is 0 Å². The van der Waals surface area contributed by atoms with E-state index in [0.717, 1.165) is 10.2 Å². The highest BCUT2D eigenvalue weighted by molar-refractivity contribution is 9.10. The Bertz CT molecular complexity index is 637. The molecule has 2 aromatic rings. The third-order valence-electron chi connectivity index (χ3n) is 2.99. The van der Waals surface area contributed by atoms with E-state index in [4.69, 9.17) is 4.74 Å². The summed E-state index contributed by atoms with van der Waals surface area (Å²) in [6.45, 7) is 0.379. The maximum atomic E-state index is 11.8. The third-order valence-corrected chi connectivity index (χ3v) is 4.49. The summed E-state index contributed by atoms with van der Waals surface area (Å²) in [7, 11) is 0. The first-order valence-electron chi connectivity index (χ1n) is 7.15. The van der Waals surface area contributed by atoms with Crippen LogP contribution in [0.15, 0.2) is 57.9 Å². The molecule has 2 N–H and O–H groups in total. The molecule has 0 radical (unpaired) electrons. The van der Waals surface area contributed by atoms with E-state index in [0.29, 0.717) is 17.9 Å². The third kappa shape index (κ3) is 6.25. The van der Waals surface area contributed by atoms with Gasteiger partial charge in [0.1, 0.15) is 5.75 Å². The first-order valence-corrected chi connectivity index (χ1v) is 8.93. The number of ether oxygens (including phenoxy) is 1.